The second-order valence-electron chi connectivity index (χ2n) is 7.98. The zero-order valence-corrected chi connectivity index (χ0v) is 16.0. The average Bonchev–Trinajstić information content (AvgIpc) is 2.87. The lowest BCUT2D eigenvalue weighted by Crippen LogP contribution is -2.55. The highest BCUT2D eigenvalue weighted by molar-refractivity contribution is 5.82. The number of likely N-dealkylation sites (N-methyl/N-ethyl adjacent to an activating group) is 1. The van der Waals surface area contributed by atoms with E-state index < -0.39 is 0 Å². The van der Waals surface area contributed by atoms with Gasteiger partial charge in [-0.15, -0.1) is 0 Å². The number of nitrogens with zero attached hydrogens (tertiary/aromatic N) is 4. The van der Waals surface area contributed by atoms with Crippen molar-refractivity contribution in [2.24, 2.45) is 0 Å². The highest BCUT2D eigenvalue weighted by Gasteiger charge is 2.26. The summed E-state index contributed by atoms with van der Waals surface area (Å²) in [4.78, 5) is 9.97. The summed E-state index contributed by atoms with van der Waals surface area (Å²) >= 11 is 0. The third-order valence-corrected chi connectivity index (χ3v) is 6.02. The SMILES string of the molecule is Cc1ccc2c(n1)c1c(n2CCN2[C@@H](C)CNC[C@@H]2C)CCN(C)C1. The summed E-state index contributed by atoms with van der Waals surface area (Å²) in [7, 11) is 2.21. The molecule has 0 aromatic carbocycles. The second-order valence-corrected chi connectivity index (χ2v) is 7.98. The van der Waals surface area contributed by atoms with E-state index in [1.807, 2.05) is 0 Å². The average molecular weight is 342 g/mol. The molecule has 2 aliphatic heterocycles. The molecule has 5 heteroatoms. The van der Waals surface area contributed by atoms with Gasteiger partial charge in [0.25, 0.3) is 0 Å². The van der Waals surface area contributed by atoms with Crippen LogP contribution in [-0.2, 0) is 19.5 Å². The summed E-state index contributed by atoms with van der Waals surface area (Å²) in [6.07, 6.45) is 1.13. The molecule has 5 nitrogen and oxygen atoms in total. The summed E-state index contributed by atoms with van der Waals surface area (Å²) < 4.78 is 2.56. The molecular formula is C20H31N5. The molecule has 1 saturated heterocycles. The number of aromatic nitrogens is 2. The molecule has 1 fully saturated rings. The van der Waals surface area contributed by atoms with E-state index in [4.69, 9.17) is 4.98 Å². The van der Waals surface area contributed by atoms with Gasteiger partial charge in [0, 0.05) is 74.7 Å². The number of rotatable bonds is 3. The Balaban J connectivity index is 1.67. The lowest BCUT2D eigenvalue weighted by molar-refractivity contribution is 0.112. The zero-order chi connectivity index (χ0) is 17.6. The van der Waals surface area contributed by atoms with Crippen LogP contribution in [0.15, 0.2) is 12.1 Å². The van der Waals surface area contributed by atoms with E-state index in [1.54, 1.807) is 0 Å². The molecule has 0 radical (unpaired) electrons. The molecule has 1 N–H and O–H groups in total. The van der Waals surface area contributed by atoms with E-state index in [9.17, 15) is 0 Å². The van der Waals surface area contributed by atoms with E-state index in [0.29, 0.717) is 12.1 Å². The Bertz CT molecular complexity index is 755. The molecule has 4 rings (SSSR count). The Kier molecular flexibility index (Phi) is 4.56. The largest absolute Gasteiger partial charge is 0.342 e. The minimum atomic E-state index is 0.605. The van der Waals surface area contributed by atoms with Gasteiger partial charge in [-0.25, -0.2) is 0 Å². The summed E-state index contributed by atoms with van der Waals surface area (Å²) in [5.74, 6) is 0. The van der Waals surface area contributed by atoms with Crippen LogP contribution in [0.3, 0.4) is 0 Å². The van der Waals surface area contributed by atoms with Gasteiger partial charge in [0.2, 0.25) is 0 Å². The fourth-order valence-corrected chi connectivity index (χ4v) is 4.61. The molecular weight excluding hydrogens is 310 g/mol. The number of fused-ring (bicyclic) bond motifs is 3. The van der Waals surface area contributed by atoms with E-state index in [0.717, 1.165) is 51.4 Å². The predicted molar refractivity (Wildman–Crippen MR) is 103 cm³/mol. The molecule has 25 heavy (non-hydrogen) atoms. The van der Waals surface area contributed by atoms with Crippen LogP contribution in [0.1, 0.15) is 30.8 Å². The quantitative estimate of drug-likeness (QED) is 0.927. The van der Waals surface area contributed by atoms with E-state index in [2.05, 4.69) is 59.6 Å². The third-order valence-electron chi connectivity index (χ3n) is 6.02. The molecule has 2 aromatic heterocycles. The van der Waals surface area contributed by atoms with Crippen molar-refractivity contribution in [2.75, 3.05) is 33.2 Å². The van der Waals surface area contributed by atoms with Crippen LogP contribution < -0.4 is 5.32 Å². The summed E-state index contributed by atoms with van der Waals surface area (Å²) in [5, 5.41) is 3.53. The van der Waals surface area contributed by atoms with Gasteiger partial charge in [0.1, 0.15) is 0 Å². The van der Waals surface area contributed by atoms with Crippen molar-refractivity contribution in [2.45, 2.75) is 52.4 Å². The highest BCUT2D eigenvalue weighted by atomic mass is 15.3. The lowest BCUT2D eigenvalue weighted by atomic mass is 10.1. The molecule has 0 amide bonds. The molecule has 2 aromatic rings. The molecule has 0 aliphatic carbocycles. The van der Waals surface area contributed by atoms with Gasteiger partial charge in [-0.3, -0.25) is 9.88 Å². The van der Waals surface area contributed by atoms with Gasteiger partial charge in [-0.1, -0.05) is 0 Å². The lowest BCUT2D eigenvalue weighted by Gasteiger charge is -2.39. The van der Waals surface area contributed by atoms with Crippen LogP contribution in [0.4, 0.5) is 0 Å². The first-order chi connectivity index (χ1) is 12.0. The number of piperazine rings is 1. The van der Waals surface area contributed by atoms with Crippen molar-refractivity contribution in [1.82, 2.24) is 24.7 Å². The first-order valence-corrected chi connectivity index (χ1v) is 9.67. The number of hydrogen-bond acceptors (Lipinski definition) is 4. The van der Waals surface area contributed by atoms with Crippen LogP contribution in [-0.4, -0.2) is 64.7 Å². The molecule has 4 heterocycles. The highest BCUT2D eigenvalue weighted by Crippen LogP contribution is 2.29. The zero-order valence-electron chi connectivity index (χ0n) is 16.0. The molecule has 0 spiro atoms. The first-order valence-electron chi connectivity index (χ1n) is 9.67. The minimum Gasteiger partial charge on any atom is -0.342 e. The second kappa shape index (κ2) is 6.71. The molecule has 136 valence electrons. The minimum absolute atomic E-state index is 0.605. The molecule has 2 atom stereocenters. The van der Waals surface area contributed by atoms with Gasteiger partial charge in [0.05, 0.1) is 11.0 Å². The van der Waals surface area contributed by atoms with Crippen LogP contribution in [0, 0.1) is 6.92 Å². The van der Waals surface area contributed by atoms with Gasteiger partial charge in [-0.05, 0) is 40.0 Å². The van der Waals surface area contributed by atoms with Crippen molar-refractivity contribution in [1.29, 1.82) is 0 Å². The van der Waals surface area contributed by atoms with E-state index in [1.165, 1.54) is 22.3 Å². The van der Waals surface area contributed by atoms with Gasteiger partial charge in [-0.2, -0.15) is 0 Å². The van der Waals surface area contributed by atoms with E-state index >= 15 is 0 Å². The van der Waals surface area contributed by atoms with E-state index in [-0.39, 0.29) is 0 Å². The molecule has 0 unspecified atom stereocenters. The monoisotopic (exact) mass is 341 g/mol. The normalized spacial score (nSPS) is 25.4. The van der Waals surface area contributed by atoms with Crippen LogP contribution in [0.2, 0.25) is 0 Å². The number of nitrogens with one attached hydrogen (secondary N) is 1. The fourth-order valence-electron chi connectivity index (χ4n) is 4.61. The van der Waals surface area contributed by atoms with Gasteiger partial charge >= 0.3 is 0 Å². The summed E-state index contributed by atoms with van der Waals surface area (Å²) in [6, 6.07) is 5.64. The van der Waals surface area contributed by atoms with Crippen LogP contribution in [0.5, 0.6) is 0 Å². The maximum atomic E-state index is 4.90. The standard InChI is InChI=1S/C20H31N5/c1-14-5-6-19-20(22-14)17-13-23(4)8-7-18(17)25(19)10-9-24-15(2)11-21-12-16(24)3/h5-6,15-16,21H,7-13H2,1-4H3/t15-,16-/m0/s1. The topological polar surface area (TPSA) is 36.3 Å². The first kappa shape index (κ1) is 17.0. The third kappa shape index (κ3) is 3.09. The van der Waals surface area contributed by atoms with Crippen molar-refractivity contribution >= 4 is 11.0 Å². The summed E-state index contributed by atoms with van der Waals surface area (Å²) in [5.41, 5.74) is 6.63. The molecule has 0 bridgehead atoms. The maximum Gasteiger partial charge on any atom is 0.0932 e. The molecule has 2 aliphatic rings. The van der Waals surface area contributed by atoms with Crippen LogP contribution >= 0.6 is 0 Å². The van der Waals surface area contributed by atoms with Crippen LogP contribution in [0.25, 0.3) is 11.0 Å². The number of aryl methyl sites for hydroxylation is 1. The maximum absolute atomic E-state index is 4.90. The summed E-state index contributed by atoms with van der Waals surface area (Å²) in [6.45, 7) is 13.3. The number of pyridine rings is 1. The number of hydrogen-bond donors (Lipinski definition) is 1. The Hall–Kier alpha value is -1.43. The molecule has 0 saturated carbocycles. The Morgan fingerprint density at radius 1 is 1.16 bits per heavy atom. The van der Waals surface area contributed by atoms with Gasteiger partial charge < -0.3 is 14.8 Å². The Labute approximate surface area is 151 Å². The smallest absolute Gasteiger partial charge is 0.0932 e. The fraction of sp³-hybridized carbons (Fsp3) is 0.650. The van der Waals surface area contributed by atoms with Crippen molar-refractivity contribution in [3.05, 3.63) is 29.1 Å². The Morgan fingerprint density at radius 2 is 1.92 bits per heavy atom. The van der Waals surface area contributed by atoms with Crippen molar-refractivity contribution in [3.8, 4) is 0 Å². The predicted octanol–water partition coefficient (Wildman–Crippen LogP) is 2.01. The van der Waals surface area contributed by atoms with Crippen molar-refractivity contribution < 1.29 is 0 Å². The van der Waals surface area contributed by atoms with Gasteiger partial charge in [0.15, 0.2) is 0 Å². The Morgan fingerprint density at radius 3 is 2.68 bits per heavy atom. The van der Waals surface area contributed by atoms with Crippen molar-refractivity contribution in [3.63, 3.8) is 0 Å².